The molecule has 0 spiro atoms. The predicted molar refractivity (Wildman–Crippen MR) is 38.9 cm³/mol. The third kappa shape index (κ3) is 1.90. The number of allylic oxidation sites excluding steroid dienone is 2. The summed E-state index contributed by atoms with van der Waals surface area (Å²) in [6.07, 6.45) is 5.21. The molecule has 3 heteroatoms. The summed E-state index contributed by atoms with van der Waals surface area (Å²) in [5.74, 6) is -1.62. The second-order valence-electron chi connectivity index (χ2n) is 2.73. The Morgan fingerprint density at radius 3 is 2.36 bits per heavy atom. The van der Waals surface area contributed by atoms with Gasteiger partial charge in [0.25, 0.3) is 0 Å². The van der Waals surface area contributed by atoms with Gasteiger partial charge in [-0.2, -0.15) is 0 Å². The molecule has 1 aliphatic rings. The van der Waals surface area contributed by atoms with E-state index < -0.39 is 17.6 Å². The van der Waals surface area contributed by atoms with Crippen LogP contribution < -0.4 is 0 Å². The van der Waals surface area contributed by atoms with Gasteiger partial charge in [0.05, 0.1) is 5.92 Å². The van der Waals surface area contributed by atoms with Crippen molar-refractivity contribution in [3.63, 3.8) is 0 Å². The summed E-state index contributed by atoms with van der Waals surface area (Å²) in [6.45, 7) is 1.37. The summed E-state index contributed by atoms with van der Waals surface area (Å²) in [6, 6.07) is 0. The van der Waals surface area contributed by atoms with Gasteiger partial charge in [-0.3, -0.25) is 4.79 Å². The number of carboxylic acids is 1. The fraction of sp³-hybridized carbons (Fsp3) is 0.375. The second-order valence-corrected chi connectivity index (χ2v) is 2.73. The molecule has 1 rings (SSSR count). The van der Waals surface area contributed by atoms with E-state index in [1.54, 1.807) is 0 Å². The van der Waals surface area contributed by atoms with Gasteiger partial charge in [0, 0.05) is 0 Å². The molecule has 0 unspecified atom stereocenters. The Morgan fingerprint density at radius 2 is 2.00 bits per heavy atom. The number of halogens is 1. The van der Waals surface area contributed by atoms with E-state index >= 15 is 0 Å². The summed E-state index contributed by atoms with van der Waals surface area (Å²) in [5.41, 5.74) is -1.48. The Kier molecular flexibility index (Phi) is 1.81. The lowest BCUT2D eigenvalue weighted by atomic mass is 9.96. The average Bonchev–Trinajstić information content (AvgIpc) is 1.86. The van der Waals surface area contributed by atoms with Crippen LogP contribution in [0, 0.1) is 5.92 Å². The van der Waals surface area contributed by atoms with Gasteiger partial charge in [0.2, 0.25) is 0 Å². The lowest BCUT2D eigenvalue weighted by Gasteiger charge is -2.15. The van der Waals surface area contributed by atoms with E-state index in [2.05, 4.69) is 0 Å². The van der Waals surface area contributed by atoms with Crippen LogP contribution in [-0.4, -0.2) is 16.7 Å². The first-order chi connectivity index (χ1) is 5.01. The Morgan fingerprint density at radius 1 is 1.55 bits per heavy atom. The molecule has 1 aliphatic carbocycles. The predicted octanol–water partition coefficient (Wildman–Crippen LogP) is 1.54. The molecule has 0 amide bonds. The Hall–Kier alpha value is -1.12. The van der Waals surface area contributed by atoms with E-state index in [0.29, 0.717) is 0 Å². The van der Waals surface area contributed by atoms with Crippen molar-refractivity contribution in [1.29, 1.82) is 0 Å². The van der Waals surface area contributed by atoms with Gasteiger partial charge in [-0.05, 0) is 19.1 Å². The number of aliphatic carboxylic acids is 1. The van der Waals surface area contributed by atoms with E-state index in [0.717, 1.165) is 0 Å². The maximum atomic E-state index is 12.9. The minimum Gasteiger partial charge on any atom is -0.481 e. The molecule has 0 aliphatic heterocycles. The van der Waals surface area contributed by atoms with E-state index in [1.165, 1.54) is 31.2 Å². The molecule has 60 valence electrons. The SMILES string of the molecule is CC1(F)C=CC(C(=O)O)C=C1. The number of hydrogen-bond donors (Lipinski definition) is 1. The molecule has 2 nitrogen and oxygen atoms in total. The fourth-order valence-electron chi connectivity index (χ4n) is 0.868. The van der Waals surface area contributed by atoms with Crippen molar-refractivity contribution in [3.05, 3.63) is 24.3 Å². The molecule has 11 heavy (non-hydrogen) atoms. The number of alkyl halides is 1. The van der Waals surface area contributed by atoms with Crippen molar-refractivity contribution in [1.82, 2.24) is 0 Å². The molecule has 0 heterocycles. The lowest BCUT2D eigenvalue weighted by Crippen LogP contribution is -2.18. The highest BCUT2D eigenvalue weighted by atomic mass is 19.1. The van der Waals surface area contributed by atoms with Crippen LogP contribution in [0.25, 0.3) is 0 Å². The monoisotopic (exact) mass is 156 g/mol. The molecule has 0 saturated carbocycles. The van der Waals surface area contributed by atoms with Crippen molar-refractivity contribution in [3.8, 4) is 0 Å². The summed E-state index contributed by atoms with van der Waals surface area (Å²) >= 11 is 0. The second kappa shape index (κ2) is 2.49. The van der Waals surface area contributed by atoms with Gasteiger partial charge < -0.3 is 5.11 Å². The van der Waals surface area contributed by atoms with Crippen LogP contribution >= 0.6 is 0 Å². The zero-order chi connectivity index (χ0) is 8.48. The fourth-order valence-corrected chi connectivity index (χ4v) is 0.868. The van der Waals surface area contributed by atoms with Crippen LogP contribution in [-0.2, 0) is 4.79 Å². The molecule has 0 radical (unpaired) electrons. The van der Waals surface area contributed by atoms with E-state index in [1.807, 2.05) is 0 Å². The minimum absolute atomic E-state index is 0.668. The molecule has 0 aromatic rings. The van der Waals surface area contributed by atoms with Crippen LogP contribution in [0.15, 0.2) is 24.3 Å². The molecule has 0 bridgehead atoms. The highest BCUT2D eigenvalue weighted by Crippen LogP contribution is 2.21. The maximum Gasteiger partial charge on any atom is 0.314 e. The quantitative estimate of drug-likeness (QED) is 0.585. The van der Waals surface area contributed by atoms with Gasteiger partial charge in [-0.15, -0.1) is 0 Å². The van der Waals surface area contributed by atoms with Crippen molar-refractivity contribution >= 4 is 5.97 Å². The Balaban J connectivity index is 2.72. The number of hydrogen-bond acceptors (Lipinski definition) is 1. The summed E-state index contributed by atoms with van der Waals surface area (Å²) in [5, 5.41) is 8.48. The topological polar surface area (TPSA) is 37.3 Å². The van der Waals surface area contributed by atoms with E-state index in [-0.39, 0.29) is 0 Å². The van der Waals surface area contributed by atoms with Crippen molar-refractivity contribution in [2.45, 2.75) is 12.6 Å². The lowest BCUT2D eigenvalue weighted by molar-refractivity contribution is -0.138. The molecule has 0 saturated heterocycles. The Bertz CT molecular complexity index is 212. The standard InChI is InChI=1S/C8H9FO2/c1-8(9)4-2-6(3-5-8)7(10)11/h2-6H,1H3,(H,10,11). The van der Waals surface area contributed by atoms with Gasteiger partial charge in [0.1, 0.15) is 5.67 Å². The normalized spacial score (nSPS) is 35.6. The maximum absolute atomic E-state index is 12.9. The number of carbonyl (C=O) groups is 1. The van der Waals surface area contributed by atoms with Crippen molar-refractivity contribution in [2.24, 2.45) is 5.92 Å². The number of rotatable bonds is 1. The van der Waals surface area contributed by atoms with E-state index in [4.69, 9.17) is 5.11 Å². The van der Waals surface area contributed by atoms with E-state index in [9.17, 15) is 9.18 Å². The number of carboxylic acid groups (broad SMARTS) is 1. The molecule has 0 atom stereocenters. The highest BCUT2D eigenvalue weighted by molar-refractivity contribution is 5.75. The van der Waals surface area contributed by atoms with Crippen LogP contribution in [0.4, 0.5) is 4.39 Å². The first kappa shape index (κ1) is 7.98. The highest BCUT2D eigenvalue weighted by Gasteiger charge is 2.22. The summed E-state index contributed by atoms with van der Waals surface area (Å²) in [4.78, 5) is 10.3. The summed E-state index contributed by atoms with van der Waals surface area (Å²) < 4.78 is 12.9. The smallest absolute Gasteiger partial charge is 0.314 e. The third-order valence-electron chi connectivity index (χ3n) is 1.54. The van der Waals surface area contributed by atoms with Crippen LogP contribution in [0.1, 0.15) is 6.92 Å². The van der Waals surface area contributed by atoms with Crippen LogP contribution in [0.2, 0.25) is 0 Å². The molecule has 0 fully saturated rings. The van der Waals surface area contributed by atoms with Crippen LogP contribution in [0.5, 0.6) is 0 Å². The van der Waals surface area contributed by atoms with Gasteiger partial charge in [-0.1, -0.05) is 12.2 Å². The molecule has 1 N–H and O–H groups in total. The molecule has 0 aromatic carbocycles. The zero-order valence-electron chi connectivity index (χ0n) is 6.12. The minimum atomic E-state index is -1.48. The Labute approximate surface area is 64.0 Å². The average molecular weight is 156 g/mol. The first-order valence-electron chi connectivity index (χ1n) is 3.32. The van der Waals surface area contributed by atoms with Crippen molar-refractivity contribution < 1.29 is 14.3 Å². The zero-order valence-corrected chi connectivity index (χ0v) is 6.12. The molecular formula is C8H9FO2. The first-order valence-corrected chi connectivity index (χ1v) is 3.32. The van der Waals surface area contributed by atoms with Crippen molar-refractivity contribution in [2.75, 3.05) is 0 Å². The van der Waals surface area contributed by atoms with Gasteiger partial charge >= 0.3 is 5.97 Å². The largest absolute Gasteiger partial charge is 0.481 e. The van der Waals surface area contributed by atoms with Gasteiger partial charge in [0.15, 0.2) is 0 Å². The molecular weight excluding hydrogens is 147 g/mol. The molecule has 0 aromatic heterocycles. The summed E-state index contributed by atoms with van der Waals surface area (Å²) in [7, 11) is 0. The third-order valence-corrected chi connectivity index (χ3v) is 1.54. The van der Waals surface area contributed by atoms with Crippen LogP contribution in [0.3, 0.4) is 0 Å². The van der Waals surface area contributed by atoms with Gasteiger partial charge in [-0.25, -0.2) is 4.39 Å².